The zero-order chi connectivity index (χ0) is 15.0. The van der Waals surface area contributed by atoms with Crippen molar-refractivity contribution in [3.05, 3.63) is 36.0 Å². The molecule has 0 unspecified atom stereocenters. The molecule has 0 saturated carbocycles. The molecule has 21 heavy (non-hydrogen) atoms. The van der Waals surface area contributed by atoms with Crippen molar-refractivity contribution in [2.24, 2.45) is 5.92 Å². The van der Waals surface area contributed by atoms with Gasteiger partial charge in [0.15, 0.2) is 0 Å². The number of aromatic amines is 1. The Bertz CT molecular complexity index is 629. The lowest BCUT2D eigenvalue weighted by Crippen LogP contribution is -2.44. The molecule has 2 heterocycles. The summed E-state index contributed by atoms with van der Waals surface area (Å²) in [6, 6.07) is 9.08. The summed E-state index contributed by atoms with van der Waals surface area (Å²) in [5.41, 5.74) is 1.16. The average Bonchev–Trinajstić information content (AvgIpc) is 2.89. The molecule has 1 aromatic heterocycles. The van der Waals surface area contributed by atoms with E-state index in [0.717, 1.165) is 10.9 Å². The first kappa shape index (κ1) is 14.0. The normalized spacial score (nSPS) is 20.0. The summed E-state index contributed by atoms with van der Waals surface area (Å²) in [4.78, 5) is 16.6. The maximum absolute atomic E-state index is 12.8. The van der Waals surface area contributed by atoms with Crippen LogP contribution in [0.3, 0.4) is 0 Å². The van der Waals surface area contributed by atoms with Crippen molar-refractivity contribution in [3.8, 4) is 0 Å². The highest BCUT2D eigenvalue weighted by Crippen LogP contribution is 2.33. The van der Waals surface area contributed by atoms with E-state index >= 15 is 0 Å². The summed E-state index contributed by atoms with van der Waals surface area (Å²) in [5.74, 6) is -1.78. The monoisotopic (exact) mass is 296 g/mol. The minimum Gasteiger partial charge on any atom is -0.351 e. The maximum Gasteiger partial charge on any atom is 0.393 e. The molecule has 1 fully saturated rings. The van der Waals surface area contributed by atoms with Crippen LogP contribution in [-0.2, 0) is 0 Å². The number of hydrogen-bond donors (Lipinski definition) is 1. The van der Waals surface area contributed by atoms with E-state index in [1.54, 1.807) is 6.07 Å². The van der Waals surface area contributed by atoms with Crippen LogP contribution in [0.25, 0.3) is 10.9 Å². The van der Waals surface area contributed by atoms with E-state index in [1.165, 1.54) is 4.90 Å². The van der Waals surface area contributed by atoms with Crippen LogP contribution in [0, 0.1) is 5.92 Å². The van der Waals surface area contributed by atoms with Crippen LogP contribution in [0.5, 0.6) is 0 Å². The van der Waals surface area contributed by atoms with Crippen molar-refractivity contribution in [1.82, 2.24) is 9.88 Å². The van der Waals surface area contributed by atoms with Crippen LogP contribution in [-0.4, -0.2) is 35.1 Å². The number of nitrogens with one attached hydrogen (secondary N) is 1. The van der Waals surface area contributed by atoms with Gasteiger partial charge in [-0.2, -0.15) is 13.2 Å². The number of carbonyl (C=O) groups excluding carboxylic acids is 1. The van der Waals surface area contributed by atoms with Crippen LogP contribution in [0.2, 0.25) is 0 Å². The molecule has 1 atom stereocenters. The Hall–Kier alpha value is -1.98. The Balaban J connectivity index is 1.81. The lowest BCUT2D eigenvalue weighted by Gasteiger charge is -2.33. The Morgan fingerprint density at radius 3 is 2.76 bits per heavy atom. The van der Waals surface area contributed by atoms with Crippen molar-refractivity contribution in [3.63, 3.8) is 0 Å². The summed E-state index contributed by atoms with van der Waals surface area (Å²) >= 11 is 0. The van der Waals surface area contributed by atoms with Gasteiger partial charge >= 0.3 is 6.18 Å². The number of benzene rings is 1. The predicted molar refractivity (Wildman–Crippen MR) is 73.0 cm³/mol. The van der Waals surface area contributed by atoms with Gasteiger partial charge in [-0.05, 0) is 25.0 Å². The van der Waals surface area contributed by atoms with Crippen LogP contribution in [0.4, 0.5) is 13.2 Å². The molecule has 0 aliphatic carbocycles. The van der Waals surface area contributed by atoms with Crippen LogP contribution >= 0.6 is 0 Å². The molecule has 0 spiro atoms. The highest BCUT2D eigenvalue weighted by Gasteiger charge is 2.42. The first-order valence-corrected chi connectivity index (χ1v) is 6.89. The van der Waals surface area contributed by atoms with Gasteiger partial charge in [0.1, 0.15) is 5.69 Å². The third kappa shape index (κ3) is 2.75. The number of rotatable bonds is 1. The van der Waals surface area contributed by atoms with Gasteiger partial charge in [0.2, 0.25) is 0 Å². The fourth-order valence-electron chi connectivity index (χ4n) is 2.79. The fraction of sp³-hybridized carbons (Fsp3) is 0.400. The summed E-state index contributed by atoms with van der Waals surface area (Å²) in [6.07, 6.45) is -3.75. The average molecular weight is 296 g/mol. The second-order valence-electron chi connectivity index (χ2n) is 5.40. The number of likely N-dealkylation sites (tertiary alicyclic amines) is 1. The van der Waals surface area contributed by atoms with Crippen molar-refractivity contribution >= 4 is 16.8 Å². The van der Waals surface area contributed by atoms with Crippen molar-refractivity contribution < 1.29 is 18.0 Å². The number of nitrogens with zero attached hydrogens (tertiary/aromatic N) is 1. The molecular formula is C15H15F3N2O. The number of H-pyrrole nitrogens is 1. The van der Waals surface area contributed by atoms with Crippen LogP contribution < -0.4 is 0 Å². The Morgan fingerprint density at radius 2 is 2.05 bits per heavy atom. The lowest BCUT2D eigenvalue weighted by molar-refractivity contribution is -0.184. The summed E-state index contributed by atoms with van der Waals surface area (Å²) in [6.45, 7) is 0.123. The van der Waals surface area contributed by atoms with E-state index < -0.39 is 12.1 Å². The van der Waals surface area contributed by atoms with Gasteiger partial charge in [-0.1, -0.05) is 18.2 Å². The molecule has 3 rings (SSSR count). The molecule has 1 amide bonds. The summed E-state index contributed by atoms with van der Waals surface area (Å²) < 4.78 is 38.4. The molecule has 3 nitrogen and oxygen atoms in total. The number of carbonyl (C=O) groups is 1. The van der Waals surface area contributed by atoms with E-state index in [0.29, 0.717) is 18.7 Å². The smallest absolute Gasteiger partial charge is 0.351 e. The number of hydrogen-bond acceptors (Lipinski definition) is 1. The van der Waals surface area contributed by atoms with E-state index in [1.807, 2.05) is 24.3 Å². The molecule has 6 heteroatoms. The van der Waals surface area contributed by atoms with Gasteiger partial charge in [0.25, 0.3) is 5.91 Å². The van der Waals surface area contributed by atoms with E-state index in [9.17, 15) is 18.0 Å². The third-order valence-corrected chi connectivity index (χ3v) is 3.93. The van der Waals surface area contributed by atoms with Gasteiger partial charge in [0, 0.05) is 24.0 Å². The van der Waals surface area contributed by atoms with E-state index in [4.69, 9.17) is 0 Å². The first-order valence-electron chi connectivity index (χ1n) is 6.89. The first-order chi connectivity index (χ1) is 9.95. The van der Waals surface area contributed by atoms with Gasteiger partial charge in [0.05, 0.1) is 5.92 Å². The molecule has 0 bridgehead atoms. The topological polar surface area (TPSA) is 36.1 Å². The second kappa shape index (κ2) is 5.09. The lowest BCUT2D eigenvalue weighted by atomic mass is 9.97. The molecule has 112 valence electrons. The quantitative estimate of drug-likeness (QED) is 0.858. The molecule has 0 radical (unpaired) electrons. The van der Waals surface area contributed by atoms with Gasteiger partial charge in [-0.15, -0.1) is 0 Å². The number of alkyl halides is 3. The van der Waals surface area contributed by atoms with Crippen LogP contribution in [0.1, 0.15) is 23.3 Å². The zero-order valence-corrected chi connectivity index (χ0v) is 11.3. The summed E-state index contributed by atoms with van der Waals surface area (Å²) in [5, 5.41) is 0.880. The summed E-state index contributed by atoms with van der Waals surface area (Å²) in [7, 11) is 0. The Labute approximate surface area is 119 Å². The van der Waals surface area contributed by atoms with Gasteiger partial charge < -0.3 is 9.88 Å². The van der Waals surface area contributed by atoms with Crippen LogP contribution in [0.15, 0.2) is 30.3 Å². The minimum absolute atomic E-state index is 0.0972. The standard InChI is InChI=1S/C15H15F3N2O/c16-15(17,18)11-5-3-7-20(9-11)14(21)13-8-10-4-1-2-6-12(10)19-13/h1-2,4,6,8,11,19H,3,5,7,9H2/t11-/m1/s1. The number of amides is 1. The van der Waals surface area contributed by atoms with E-state index in [-0.39, 0.29) is 18.9 Å². The highest BCUT2D eigenvalue weighted by molar-refractivity contribution is 5.98. The number of fused-ring (bicyclic) bond motifs is 1. The molecule has 1 aliphatic heterocycles. The van der Waals surface area contributed by atoms with Crippen molar-refractivity contribution in [1.29, 1.82) is 0 Å². The van der Waals surface area contributed by atoms with Crippen molar-refractivity contribution in [2.75, 3.05) is 13.1 Å². The number of halogens is 3. The van der Waals surface area contributed by atoms with E-state index in [2.05, 4.69) is 4.98 Å². The number of para-hydroxylation sites is 1. The third-order valence-electron chi connectivity index (χ3n) is 3.93. The SMILES string of the molecule is O=C(c1cc2ccccc2[nH]1)N1CCC[C@@H](C(F)(F)F)C1. The van der Waals surface area contributed by atoms with Crippen molar-refractivity contribution in [2.45, 2.75) is 19.0 Å². The van der Waals surface area contributed by atoms with Gasteiger partial charge in [-0.3, -0.25) is 4.79 Å². The predicted octanol–water partition coefficient (Wildman–Crippen LogP) is 3.58. The Morgan fingerprint density at radius 1 is 1.29 bits per heavy atom. The Kier molecular flexibility index (Phi) is 3.39. The molecule has 1 N–H and O–H groups in total. The molecule has 1 aliphatic rings. The zero-order valence-electron chi connectivity index (χ0n) is 11.3. The molecule has 1 saturated heterocycles. The minimum atomic E-state index is -4.24. The number of aromatic nitrogens is 1. The number of piperidine rings is 1. The second-order valence-corrected chi connectivity index (χ2v) is 5.40. The maximum atomic E-state index is 12.8. The molecule has 1 aromatic carbocycles. The highest BCUT2D eigenvalue weighted by atomic mass is 19.4. The molecule has 2 aromatic rings. The largest absolute Gasteiger partial charge is 0.393 e. The van der Waals surface area contributed by atoms with Gasteiger partial charge in [-0.25, -0.2) is 0 Å². The fourth-order valence-corrected chi connectivity index (χ4v) is 2.79. The molecular weight excluding hydrogens is 281 g/mol.